The monoisotopic (exact) mass is 1050 g/mol. The van der Waals surface area contributed by atoms with Crippen LogP contribution in [0.4, 0.5) is 105 Å². The third kappa shape index (κ3) is 12.6. The van der Waals surface area contributed by atoms with E-state index in [1.165, 1.54) is 5.39 Å². The van der Waals surface area contributed by atoms with E-state index < -0.39 is 195 Å². The molecule has 27 heteroatoms. The summed E-state index contributed by atoms with van der Waals surface area (Å²) in [7, 11) is 0. The molecule has 0 unspecified atom stereocenters. The lowest BCUT2D eigenvalue weighted by Gasteiger charge is -2.46. The molecule has 0 saturated carbocycles. The number of rotatable bonds is 6. The minimum atomic E-state index is -6.13. The number of halogens is 24. The second-order valence-corrected chi connectivity index (χ2v) is 15.8. The van der Waals surface area contributed by atoms with Crippen LogP contribution in [0.5, 0.6) is 0 Å². The normalized spacial score (nSPS) is 13.6. The molecule has 1 aromatic heterocycles. The summed E-state index contributed by atoms with van der Waals surface area (Å²) in [6.07, 6.45) is -52.7. The largest absolute Gasteiger partial charge is 0.416 e. The molecule has 0 spiro atoms. The van der Waals surface area contributed by atoms with Gasteiger partial charge in [-0.15, -0.1) is 0 Å². The molecule has 1 heterocycles. The minimum absolute atomic E-state index is 0.186. The van der Waals surface area contributed by atoms with Gasteiger partial charge in [-0.1, -0.05) is 60.7 Å². The average molecular weight is 1050 g/mol. The topological polar surface area (TPSA) is 13.1 Å². The number of pyridine rings is 1. The SMILES string of the molecule is CC(C)O[n+]1cccc2ccccc21.FC(F)(F)c1cc([B-](c2cc(C(F)(F)F)cc(C(F)(F)F)c2)(c2cc(C(F)(F)F)cc(C(F)(F)F)c2)c2cc(C(F)(F)F)cc(C(F)(F)F)c2)cc(C(F)(F)F)c1. The Kier molecular flexibility index (Phi) is 14.7. The van der Waals surface area contributed by atoms with Crippen molar-refractivity contribution < 1.29 is 115 Å². The lowest BCUT2D eigenvalue weighted by molar-refractivity contribution is -0.878. The summed E-state index contributed by atoms with van der Waals surface area (Å²) >= 11 is 0. The van der Waals surface area contributed by atoms with E-state index in [2.05, 4.69) is 18.2 Å². The molecular weight excluding hydrogens is 1030 g/mol. The molecule has 2 nitrogen and oxygen atoms in total. The molecule has 6 aromatic rings. The molecule has 0 radical (unpaired) electrons. The van der Waals surface area contributed by atoms with Crippen molar-refractivity contribution >= 4 is 38.9 Å². The van der Waals surface area contributed by atoms with E-state index in [1.807, 2.05) is 43.0 Å². The zero-order chi connectivity index (χ0) is 53.9. The predicted octanol–water partition coefficient (Wildman–Crippen LogP) is 13.2. The highest BCUT2D eigenvalue weighted by Gasteiger charge is 2.47. The Morgan fingerprint density at radius 2 is 0.563 bits per heavy atom. The van der Waals surface area contributed by atoms with Crippen LogP contribution < -0.4 is 31.4 Å². The maximum Gasteiger partial charge on any atom is 0.416 e. The highest BCUT2D eigenvalue weighted by Crippen LogP contribution is 2.41. The lowest BCUT2D eigenvalue weighted by Crippen LogP contribution is -2.75. The van der Waals surface area contributed by atoms with Gasteiger partial charge in [0.15, 0.2) is 6.10 Å². The molecule has 6 rings (SSSR count). The van der Waals surface area contributed by atoms with Crippen LogP contribution in [0.25, 0.3) is 10.9 Å². The fraction of sp³-hybridized carbons (Fsp3) is 0.250. The number of benzene rings is 5. The van der Waals surface area contributed by atoms with E-state index in [9.17, 15) is 105 Å². The first-order chi connectivity index (χ1) is 32.0. The van der Waals surface area contributed by atoms with Crippen LogP contribution >= 0.6 is 0 Å². The molecule has 0 bridgehead atoms. The highest BCUT2D eigenvalue weighted by molar-refractivity contribution is 7.20. The first-order valence-electron chi connectivity index (χ1n) is 19.5. The molecule has 5 aromatic carbocycles. The van der Waals surface area contributed by atoms with Crippen molar-refractivity contribution in [3.05, 3.63) is 160 Å². The summed E-state index contributed by atoms with van der Waals surface area (Å²) < 4.78 is 343. The average Bonchev–Trinajstić information content (AvgIpc) is 3.21. The van der Waals surface area contributed by atoms with E-state index >= 15 is 0 Å². The van der Waals surface area contributed by atoms with E-state index in [-0.39, 0.29) is 6.10 Å². The molecule has 0 aliphatic heterocycles. The van der Waals surface area contributed by atoms with Gasteiger partial charge < -0.3 is 0 Å². The molecule has 0 amide bonds. The van der Waals surface area contributed by atoms with Crippen LogP contribution in [0.3, 0.4) is 0 Å². The van der Waals surface area contributed by atoms with Gasteiger partial charge in [0.05, 0.1) is 49.9 Å². The molecule has 384 valence electrons. The summed E-state index contributed by atoms with van der Waals surface area (Å²) in [5.41, 5.74) is -29.1. The number of aromatic nitrogens is 1. The van der Waals surface area contributed by atoms with Gasteiger partial charge in [0.2, 0.25) is 6.20 Å². The standard InChI is InChI=1S/C32H12BF24.C12H14NO/c34-25(35,36)13-1-14(26(37,38)39)6-21(5-13)33(22-7-15(27(40,41)42)2-16(8-22)28(43,44)45,23-9-17(29(46,47)48)3-18(10-23)30(49,50)51)24-11-19(31(52,53)54)4-20(12-24)32(55,56)57;1-10(2)14-13-9-5-7-11-6-3-4-8-12(11)13/h1-12H;3-10H,1-2H3/q-1;+1. The van der Waals surface area contributed by atoms with Gasteiger partial charge in [-0.3, -0.25) is 4.84 Å². The molecule has 71 heavy (non-hydrogen) atoms. The molecule has 0 fully saturated rings. The minimum Gasteiger partial charge on any atom is -0.268 e. The lowest BCUT2D eigenvalue weighted by atomic mass is 9.12. The summed E-state index contributed by atoms with van der Waals surface area (Å²) in [4.78, 5) is 5.64. The number of hydrogen-bond acceptors (Lipinski definition) is 1. The van der Waals surface area contributed by atoms with Gasteiger partial charge in [0.25, 0.3) is 5.52 Å². The van der Waals surface area contributed by atoms with E-state index in [1.54, 1.807) is 0 Å². The van der Waals surface area contributed by atoms with Gasteiger partial charge in [-0.05, 0) is 50.2 Å². The smallest absolute Gasteiger partial charge is 0.268 e. The first-order valence-corrected chi connectivity index (χ1v) is 19.5. The molecule has 0 N–H and O–H groups in total. The Bertz CT molecular complexity index is 2440. The third-order valence-corrected chi connectivity index (χ3v) is 10.4. The summed E-state index contributed by atoms with van der Waals surface area (Å²) in [5, 5.41) is 1.19. The summed E-state index contributed by atoms with van der Waals surface area (Å²) in [5.74, 6) is 0. The summed E-state index contributed by atoms with van der Waals surface area (Å²) in [6, 6.07) is 3.44. The number of fused-ring (bicyclic) bond motifs is 1. The Hall–Kier alpha value is -6.31. The van der Waals surface area contributed by atoms with Gasteiger partial charge in [0, 0.05) is 16.9 Å². The van der Waals surface area contributed by atoms with Crippen LogP contribution in [0.1, 0.15) is 58.4 Å². The van der Waals surface area contributed by atoms with Crippen molar-refractivity contribution in [1.82, 2.24) is 0 Å². The van der Waals surface area contributed by atoms with Crippen LogP contribution in [-0.2, 0) is 49.4 Å². The number of hydrogen-bond donors (Lipinski definition) is 0. The Morgan fingerprint density at radius 3 is 0.789 bits per heavy atom. The zero-order valence-electron chi connectivity index (χ0n) is 35.1. The zero-order valence-corrected chi connectivity index (χ0v) is 35.1. The second kappa shape index (κ2) is 18.7. The molecular formula is C44H26BF24NO. The quantitative estimate of drug-likeness (QED) is 0.0920. The number of para-hydroxylation sites is 1. The van der Waals surface area contributed by atoms with Gasteiger partial charge in [-0.25, -0.2) is 0 Å². The van der Waals surface area contributed by atoms with Crippen LogP contribution in [0.15, 0.2) is 115 Å². The molecule has 0 aliphatic carbocycles. The fourth-order valence-electron chi connectivity index (χ4n) is 7.52. The summed E-state index contributed by atoms with van der Waals surface area (Å²) in [6.45, 7) is 4.05. The number of nitrogens with zero attached hydrogens (tertiary/aromatic N) is 1. The maximum absolute atomic E-state index is 14.2. The van der Waals surface area contributed by atoms with Gasteiger partial charge >= 0.3 is 49.4 Å². The van der Waals surface area contributed by atoms with E-state index in [0.29, 0.717) is 0 Å². The first kappa shape index (κ1) is 55.6. The Labute approximate surface area is 382 Å². The van der Waals surface area contributed by atoms with Crippen molar-refractivity contribution in [3.8, 4) is 0 Å². The van der Waals surface area contributed by atoms with Crippen LogP contribution in [0, 0.1) is 0 Å². The van der Waals surface area contributed by atoms with Crippen molar-refractivity contribution in [2.24, 2.45) is 0 Å². The van der Waals surface area contributed by atoms with Gasteiger partial charge in [0.1, 0.15) is 6.15 Å². The van der Waals surface area contributed by atoms with Crippen molar-refractivity contribution in [3.63, 3.8) is 0 Å². The molecule has 0 saturated heterocycles. The maximum atomic E-state index is 14.2. The van der Waals surface area contributed by atoms with E-state index in [4.69, 9.17) is 4.84 Å². The Balaban J connectivity index is 0.000000569. The van der Waals surface area contributed by atoms with Crippen molar-refractivity contribution in [2.75, 3.05) is 0 Å². The van der Waals surface area contributed by atoms with Crippen LogP contribution in [0.2, 0.25) is 0 Å². The molecule has 0 atom stereocenters. The highest BCUT2D eigenvalue weighted by atomic mass is 19.4. The second-order valence-electron chi connectivity index (χ2n) is 15.8. The Morgan fingerprint density at radius 1 is 0.338 bits per heavy atom. The van der Waals surface area contributed by atoms with Crippen molar-refractivity contribution in [2.45, 2.75) is 69.4 Å². The van der Waals surface area contributed by atoms with Crippen molar-refractivity contribution in [1.29, 1.82) is 0 Å². The van der Waals surface area contributed by atoms with Crippen LogP contribution in [-0.4, -0.2) is 12.2 Å². The number of alkyl halides is 24. The van der Waals surface area contributed by atoms with E-state index in [0.717, 1.165) is 5.52 Å². The molecule has 0 aliphatic rings. The third-order valence-electron chi connectivity index (χ3n) is 10.4. The predicted molar refractivity (Wildman–Crippen MR) is 206 cm³/mol. The fourth-order valence-corrected chi connectivity index (χ4v) is 7.52. The van der Waals surface area contributed by atoms with Gasteiger partial charge in [-0.2, -0.15) is 127 Å².